The standard InChI is InChI=1S/C14H12F3N3O/c1-8-4-9(7-19-6-8)11-3-2-10(14(15,16)17)5-12(11)20-13(18)21/h2-7H,1H3,(H3,18,20,21). The van der Waals surface area contributed by atoms with Gasteiger partial charge in [-0.25, -0.2) is 4.79 Å². The first-order valence-corrected chi connectivity index (χ1v) is 5.97. The fourth-order valence-corrected chi connectivity index (χ4v) is 1.91. The highest BCUT2D eigenvalue weighted by Gasteiger charge is 2.31. The summed E-state index contributed by atoms with van der Waals surface area (Å²) in [4.78, 5) is 15.0. The second-order valence-electron chi connectivity index (χ2n) is 4.50. The van der Waals surface area contributed by atoms with Gasteiger partial charge in [-0.05, 0) is 30.7 Å². The van der Waals surface area contributed by atoms with Crippen LogP contribution in [0.2, 0.25) is 0 Å². The molecule has 0 aliphatic carbocycles. The summed E-state index contributed by atoms with van der Waals surface area (Å²) < 4.78 is 38.2. The van der Waals surface area contributed by atoms with Crippen molar-refractivity contribution in [1.82, 2.24) is 4.98 Å². The SMILES string of the molecule is Cc1cncc(-c2ccc(C(F)(F)F)cc2NC(N)=O)c1. The van der Waals surface area contributed by atoms with Crippen molar-refractivity contribution in [2.75, 3.05) is 5.32 Å². The average Bonchev–Trinajstić information content (AvgIpc) is 2.36. The minimum absolute atomic E-state index is 0.00951. The molecule has 0 radical (unpaired) electrons. The van der Waals surface area contributed by atoms with Gasteiger partial charge in [0.2, 0.25) is 0 Å². The van der Waals surface area contributed by atoms with E-state index in [0.29, 0.717) is 11.1 Å². The number of carbonyl (C=O) groups is 1. The minimum Gasteiger partial charge on any atom is -0.351 e. The molecular weight excluding hydrogens is 283 g/mol. The molecule has 2 rings (SSSR count). The van der Waals surface area contributed by atoms with Gasteiger partial charge in [0.25, 0.3) is 0 Å². The maximum atomic E-state index is 12.7. The topological polar surface area (TPSA) is 68.0 Å². The molecule has 0 aliphatic heterocycles. The van der Waals surface area contributed by atoms with Gasteiger partial charge >= 0.3 is 12.2 Å². The second kappa shape index (κ2) is 5.43. The molecule has 4 nitrogen and oxygen atoms in total. The van der Waals surface area contributed by atoms with Gasteiger partial charge in [-0.1, -0.05) is 6.07 Å². The summed E-state index contributed by atoms with van der Waals surface area (Å²) in [6, 6.07) is 3.90. The van der Waals surface area contributed by atoms with Crippen molar-refractivity contribution in [1.29, 1.82) is 0 Å². The van der Waals surface area contributed by atoms with Crippen molar-refractivity contribution in [3.63, 3.8) is 0 Å². The molecule has 0 saturated heterocycles. The van der Waals surface area contributed by atoms with Gasteiger partial charge in [0.1, 0.15) is 0 Å². The van der Waals surface area contributed by atoms with Crippen molar-refractivity contribution in [2.24, 2.45) is 5.73 Å². The van der Waals surface area contributed by atoms with Gasteiger partial charge in [-0.2, -0.15) is 13.2 Å². The van der Waals surface area contributed by atoms with Crippen molar-refractivity contribution in [2.45, 2.75) is 13.1 Å². The molecule has 2 aromatic rings. The van der Waals surface area contributed by atoms with Gasteiger partial charge in [-0.15, -0.1) is 0 Å². The molecule has 0 unspecified atom stereocenters. The lowest BCUT2D eigenvalue weighted by Gasteiger charge is -2.14. The van der Waals surface area contributed by atoms with E-state index in [-0.39, 0.29) is 5.69 Å². The number of aryl methyl sites for hydroxylation is 1. The molecule has 0 fully saturated rings. The summed E-state index contributed by atoms with van der Waals surface area (Å²) in [5.74, 6) is 0. The molecule has 3 N–H and O–H groups in total. The molecule has 2 amide bonds. The molecule has 1 aromatic heterocycles. The Morgan fingerprint density at radius 1 is 1.24 bits per heavy atom. The number of anilines is 1. The van der Waals surface area contributed by atoms with E-state index in [1.165, 1.54) is 12.3 Å². The van der Waals surface area contributed by atoms with Crippen LogP contribution >= 0.6 is 0 Å². The van der Waals surface area contributed by atoms with Crippen LogP contribution in [-0.2, 0) is 6.18 Å². The average molecular weight is 295 g/mol. The molecule has 7 heteroatoms. The molecule has 0 spiro atoms. The third-order valence-corrected chi connectivity index (χ3v) is 2.79. The van der Waals surface area contributed by atoms with Crippen LogP contribution < -0.4 is 11.1 Å². The number of pyridine rings is 1. The number of hydrogen-bond donors (Lipinski definition) is 2. The van der Waals surface area contributed by atoms with E-state index in [0.717, 1.165) is 17.7 Å². The first kappa shape index (κ1) is 14.8. The number of aromatic nitrogens is 1. The first-order chi connectivity index (χ1) is 9.77. The van der Waals surface area contributed by atoms with Crippen molar-refractivity contribution >= 4 is 11.7 Å². The number of amides is 2. The molecule has 0 saturated carbocycles. The largest absolute Gasteiger partial charge is 0.416 e. The number of alkyl halides is 3. The number of carbonyl (C=O) groups excluding carboxylic acids is 1. The molecule has 110 valence electrons. The van der Waals surface area contributed by atoms with E-state index in [2.05, 4.69) is 10.3 Å². The summed E-state index contributed by atoms with van der Waals surface area (Å²) in [5.41, 5.74) is 5.99. The predicted octanol–water partition coefficient (Wildman–Crippen LogP) is 3.57. The number of benzene rings is 1. The number of nitrogens with zero attached hydrogens (tertiary/aromatic N) is 1. The fourth-order valence-electron chi connectivity index (χ4n) is 1.91. The second-order valence-corrected chi connectivity index (χ2v) is 4.50. The van der Waals surface area contributed by atoms with Crippen LogP contribution in [0, 0.1) is 6.92 Å². The van der Waals surface area contributed by atoms with Crippen LogP contribution in [-0.4, -0.2) is 11.0 Å². The van der Waals surface area contributed by atoms with Gasteiger partial charge < -0.3 is 11.1 Å². The highest BCUT2D eigenvalue weighted by Crippen LogP contribution is 2.35. The number of rotatable bonds is 2. The summed E-state index contributed by atoms with van der Waals surface area (Å²) >= 11 is 0. The van der Waals surface area contributed by atoms with Crippen LogP contribution in [0.1, 0.15) is 11.1 Å². The van der Waals surface area contributed by atoms with Crippen molar-refractivity contribution in [3.8, 4) is 11.1 Å². The highest BCUT2D eigenvalue weighted by molar-refractivity contribution is 5.93. The zero-order valence-electron chi connectivity index (χ0n) is 11.0. The monoisotopic (exact) mass is 295 g/mol. The first-order valence-electron chi connectivity index (χ1n) is 5.97. The van der Waals surface area contributed by atoms with Crippen LogP contribution in [0.5, 0.6) is 0 Å². The zero-order valence-corrected chi connectivity index (χ0v) is 11.0. The van der Waals surface area contributed by atoms with Gasteiger partial charge in [0.15, 0.2) is 0 Å². The number of halogens is 3. The van der Waals surface area contributed by atoms with E-state index in [1.54, 1.807) is 12.3 Å². The lowest BCUT2D eigenvalue weighted by atomic mass is 10.0. The van der Waals surface area contributed by atoms with Crippen molar-refractivity contribution < 1.29 is 18.0 Å². The number of urea groups is 1. The van der Waals surface area contributed by atoms with E-state index >= 15 is 0 Å². The van der Waals surface area contributed by atoms with E-state index < -0.39 is 17.8 Å². The Labute approximate surface area is 118 Å². The molecule has 1 heterocycles. The number of nitrogens with one attached hydrogen (secondary N) is 1. The zero-order chi connectivity index (χ0) is 15.6. The van der Waals surface area contributed by atoms with E-state index in [4.69, 9.17) is 5.73 Å². The maximum Gasteiger partial charge on any atom is 0.416 e. The Kier molecular flexibility index (Phi) is 3.84. The summed E-state index contributed by atoms with van der Waals surface area (Å²) in [7, 11) is 0. The lowest BCUT2D eigenvalue weighted by Crippen LogP contribution is -2.20. The Balaban J connectivity index is 2.57. The molecule has 0 aliphatic rings. The van der Waals surface area contributed by atoms with Crippen molar-refractivity contribution in [3.05, 3.63) is 47.8 Å². The predicted molar refractivity (Wildman–Crippen MR) is 72.6 cm³/mol. The Hall–Kier alpha value is -2.57. The molecule has 0 bridgehead atoms. The number of primary amides is 1. The fraction of sp³-hybridized carbons (Fsp3) is 0.143. The minimum atomic E-state index is -4.50. The molecule has 1 aromatic carbocycles. The van der Waals surface area contributed by atoms with Crippen LogP contribution in [0.15, 0.2) is 36.7 Å². The van der Waals surface area contributed by atoms with Crippen LogP contribution in [0.3, 0.4) is 0 Å². The Bertz CT molecular complexity index is 683. The van der Waals surface area contributed by atoms with Gasteiger partial charge in [0, 0.05) is 23.5 Å². The lowest BCUT2D eigenvalue weighted by molar-refractivity contribution is -0.137. The maximum absolute atomic E-state index is 12.7. The summed E-state index contributed by atoms with van der Waals surface area (Å²) in [6.07, 6.45) is -1.38. The normalized spacial score (nSPS) is 11.2. The summed E-state index contributed by atoms with van der Waals surface area (Å²) in [5, 5.41) is 2.21. The number of nitrogens with two attached hydrogens (primary N) is 1. The van der Waals surface area contributed by atoms with Crippen LogP contribution in [0.25, 0.3) is 11.1 Å². The van der Waals surface area contributed by atoms with E-state index in [1.807, 2.05) is 6.92 Å². The third-order valence-electron chi connectivity index (χ3n) is 2.79. The summed E-state index contributed by atoms with van der Waals surface area (Å²) in [6.45, 7) is 1.81. The van der Waals surface area contributed by atoms with Gasteiger partial charge in [0.05, 0.1) is 11.3 Å². The molecule has 0 atom stereocenters. The quantitative estimate of drug-likeness (QED) is 0.889. The molecule has 21 heavy (non-hydrogen) atoms. The smallest absolute Gasteiger partial charge is 0.351 e. The highest BCUT2D eigenvalue weighted by atomic mass is 19.4. The Morgan fingerprint density at radius 3 is 2.52 bits per heavy atom. The number of hydrogen-bond acceptors (Lipinski definition) is 2. The molecular formula is C14H12F3N3O. The third kappa shape index (κ3) is 3.50. The van der Waals surface area contributed by atoms with Gasteiger partial charge in [-0.3, -0.25) is 4.98 Å². The van der Waals surface area contributed by atoms with Crippen LogP contribution in [0.4, 0.5) is 23.7 Å². The van der Waals surface area contributed by atoms with E-state index in [9.17, 15) is 18.0 Å². The Morgan fingerprint density at radius 2 is 1.95 bits per heavy atom.